The molecule has 64 valence electrons. The summed E-state index contributed by atoms with van der Waals surface area (Å²) in [6.07, 6.45) is 0. The zero-order valence-electron chi connectivity index (χ0n) is 6.80. The predicted octanol–water partition coefficient (Wildman–Crippen LogP) is 1.53. The van der Waals surface area contributed by atoms with Crippen molar-refractivity contribution in [1.29, 1.82) is 0 Å². The molecule has 0 radical (unpaired) electrons. The fraction of sp³-hybridized carbons (Fsp3) is 0.333. The summed E-state index contributed by atoms with van der Waals surface area (Å²) in [5, 5.41) is 0. The van der Waals surface area contributed by atoms with Crippen LogP contribution in [-0.2, 0) is 0 Å². The van der Waals surface area contributed by atoms with Gasteiger partial charge in [-0.3, -0.25) is 0 Å². The summed E-state index contributed by atoms with van der Waals surface area (Å²) >= 11 is 0. The number of benzene rings is 1. The van der Waals surface area contributed by atoms with E-state index in [9.17, 15) is 4.39 Å². The van der Waals surface area contributed by atoms with Crippen LogP contribution in [0.5, 0.6) is 5.75 Å². The van der Waals surface area contributed by atoms with E-state index in [0.717, 1.165) is 11.3 Å². The molecular weight excluding hydrogens is 157 g/mol. The average Bonchev–Trinajstić information content (AvgIpc) is 2.35. The average molecular weight is 167 g/mol. The van der Waals surface area contributed by atoms with Gasteiger partial charge < -0.3 is 10.5 Å². The number of aryl methyl sites for hydroxylation is 1. The van der Waals surface area contributed by atoms with Gasteiger partial charge in [-0.1, -0.05) is 0 Å². The van der Waals surface area contributed by atoms with Crippen molar-refractivity contribution in [2.45, 2.75) is 13.0 Å². The van der Waals surface area contributed by atoms with Gasteiger partial charge in [0.25, 0.3) is 0 Å². The van der Waals surface area contributed by atoms with E-state index in [1.807, 2.05) is 0 Å². The topological polar surface area (TPSA) is 35.2 Å². The molecule has 0 fully saturated rings. The molecule has 1 aromatic carbocycles. The van der Waals surface area contributed by atoms with Gasteiger partial charge in [-0.15, -0.1) is 0 Å². The lowest BCUT2D eigenvalue weighted by Gasteiger charge is -2.02. The van der Waals surface area contributed by atoms with Crippen LogP contribution < -0.4 is 10.5 Å². The predicted molar refractivity (Wildman–Crippen MR) is 43.6 cm³/mol. The van der Waals surface area contributed by atoms with E-state index in [2.05, 4.69) is 0 Å². The second kappa shape index (κ2) is 2.45. The molecule has 2 nitrogen and oxygen atoms in total. The van der Waals surface area contributed by atoms with Crippen LogP contribution in [0.1, 0.15) is 17.2 Å². The third-order valence-corrected chi connectivity index (χ3v) is 2.11. The van der Waals surface area contributed by atoms with E-state index in [1.54, 1.807) is 13.0 Å². The molecule has 2 N–H and O–H groups in total. The molecule has 0 spiro atoms. The van der Waals surface area contributed by atoms with Crippen LogP contribution in [0.3, 0.4) is 0 Å². The molecule has 3 heteroatoms. The van der Waals surface area contributed by atoms with Gasteiger partial charge in [-0.2, -0.15) is 0 Å². The van der Waals surface area contributed by atoms with Crippen molar-refractivity contribution in [1.82, 2.24) is 0 Å². The molecule has 1 aliphatic heterocycles. The summed E-state index contributed by atoms with van der Waals surface area (Å²) in [7, 11) is 0. The Kier molecular flexibility index (Phi) is 1.54. The molecule has 1 unspecified atom stereocenters. The van der Waals surface area contributed by atoms with Crippen molar-refractivity contribution >= 4 is 0 Å². The maximum Gasteiger partial charge on any atom is 0.126 e. The van der Waals surface area contributed by atoms with Gasteiger partial charge >= 0.3 is 0 Å². The number of hydrogen-bond donors (Lipinski definition) is 1. The minimum absolute atomic E-state index is 0.171. The molecule has 2 rings (SSSR count). The van der Waals surface area contributed by atoms with Crippen LogP contribution in [0.4, 0.5) is 4.39 Å². The first kappa shape index (κ1) is 7.55. The van der Waals surface area contributed by atoms with E-state index in [4.69, 9.17) is 10.5 Å². The lowest BCUT2D eigenvalue weighted by molar-refractivity contribution is 0.333. The van der Waals surface area contributed by atoms with Crippen LogP contribution in [0.2, 0.25) is 0 Å². The zero-order chi connectivity index (χ0) is 8.72. The number of hydrogen-bond acceptors (Lipinski definition) is 2. The van der Waals surface area contributed by atoms with Gasteiger partial charge in [0.05, 0.1) is 6.04 Å². The van der Waals surface area contributed by atoms with E-state index < -0.39 is 0 Å². The molecule has 0 bridgehead atoms. The quantitative estimate of drug-likeness (QED) is 0.636. The maximum absolute atomic E-state index is 13.0. The smallest absolute Gasteiger partial charge is 0.126 e. The Labute approximate surface area is 70.1 Å². The third kappa shape index (κ3) is 0.975. The minimum atomic E-state index is -0.213. The molecule has 0 amide bonds. The summed E-state index contributed by atoms with van der Waals surface area (Å²) in [5.41, 5.74) is 7.05. The van der Waals surface area contributed by atoms with Crippen molar-refractivity contribution < 1.29 is 9.13 Å². The number of nitrogens with two attached hydrogens (primary N) is 1. The molecule has 0 aliphatic carbocycles. The molecule has 0 saturated carbocycles. The Balaban J connectivity index is 2.56. The molecule has 1 aromatic rings. The van der Waals surface area contributed by atoms with Crippen LogP contribution >= 0.6 is 0 Å². The summed E-state index contributed by atoms with van der Waals surface area (Å²) in [4.78, 5) is 0. The van der Waals surface area contributed by atoms with Gasteiger partial charge in [0.1, 0.15) is 18.2 Å². The molecule has 12 heavy (non-hydrogen) atoms. The minimum Gasteiger partial charge on any atom is -0.491 e. The highest BCUT2D eigenvalue weighted by molar-refractivity contribution is 5.42. The normalized spacial score (nSPS) is 20.4. The largest absolute Gasteiger partial charge is 0.491 e. The third-order valence-electron chi connectivity index (χ3n) is 2.11. The van der Waals surface area contributed by atoms with E-state index in [-0.39, 0.29) is 11.9 Å². The summed E-state index contributed by atoms with van der Waals surface area (Å²) in [6, 6.07) is 2.98. The lowest BCUT2D eigenvalue weighted by Crippen LogP contribution is -2.10. The first-order chi connectivity index (χ1) is 5.68. The molecule has 0 saturated heterocycles. The SMILES string of the molecule is Cc1cc2c(cc1F)C(N)CO2. The monoisotopic (exact) mass is 167 g/mol. The van der Waals surface area contributed by atoms with Crippen LogP contribution in [0.15, 0.2) is 12.1 Å². The van der Waals surface area contributed by atoms with Gasteiger partial charge in [0.15, 0.2) is 0 Å². The van der Waals surface area contributed by atoms with Crippen molar-refractivity contribution in [2.75, 3.05) is 6.61 Å². The van der Waals surface area contributed by atoms with Crippen molar-refractivity contribution in [3.63, 3.8) is 0 Å². The first-order valence-electron chi connectivity index (χ1n) is 3.87. The van der Waals surface area contributed by atoms with Crippen molar-refractivity contribution in [3.8, 4) is 5.75 Å². The Bertz CT molecular complexity index is 325. The highest BCUT2D eigenvalue weighted by Gasteiger charge is 2.21. The van der Waals surface area contributed by atoms with Gasteiger partial charge in [0.2, 0.25) is 0 Å². The van der Waals surface area contributed by atoms with Crippen molar-refractivity contribution in [3.05, 3.63) is 29.1 Å². The van der Waals surface area contributed by atoms with E-state index in [1.165, 1.54) is 6.07 Å². The Morgan fingerprint density at radius 1 is 1.58 bits per heavy atom. The Morgan fingerprint density at radius 2 is 2.33 bits per heavy atom. The van der Waals surface area contributed by atoms with Gasteiger partial charge in [-0.05, 0) is 24.6 Å². The standard InChI is InChI=1S/C9H10FNO/c1-5-2-9-6(3-7(5)10)8(11)4-12-9/h2-3,8H,4,11H2,1H3. The number of rotatable bonds is 0. The first-order valence-corrected chi connectivity index (χ1v) is 3.87. The fourth-order valence-electron chi connectivity index (χ4n) is 1.35. The van der Waals surface area contributed by atoms with Crippen LogP contribution in [0, 0.1) is 12.7 Å². The highest BCUT2D eigenvalue weighted by Crippen LogP contribution is 2.32. The van der Waals surface area contributed by atoms with Crippen LogP contribution in [-0.4, -0.2) is 6.61 Å². The second-order valence-electron chi connectivity index (χ2n) is 3.06. The summed E-state index contributed by atoms with van der Waals surface area (Å²) < 4.78 is 18.3. The number of halogens is 1. The van der Waals surface area contributed by atoms with Crippen LogP contribution in [0.25, 0.3) is 0 Å². The second-order valence-corrected chi connectivity index (χ2v) is 3.06. The molecule has 1 atom stereocenters. The van der Waals surface area contributed by atoms with Gasteiger partial charge in [-0.25, -0.2) is 4.39 Å². The summed E-state index contributed by atoms with van der Waals surface area (Å²) in [5.74, 6) is 0.510. The molecule has 0 aromatic heterocycles. The molecular formula is C9H10FNO. The van der Waals surface area contributed by atoms with Gasteiger partial charge in [0, 0.05) is 5.56 Å². The Hall–Kier alpha value is -1.09. The lowest BCUT2D eigenvalue weighted by atomic mass is 10.1. The Morgan fingerprint density at radius 3 is 3.08 bits per heavy atom. The zero-order valence-corrected chi connectivity index (χ0v) is 6.80. The highest BCUT2D eigenvalue weighted by atomic mass is 19.1. The number of ether oxygens (including phenoxy) is 1. The maximum atomic E-state index is 13.0. The van der Waals surface area contributed by atoms with Crippen molar-refractivity contribution in [2.24, 2.45) is 5.73 Å². The number of fused-ring (bicyclic) bond motifs is 1. The fourth-order valence-corrected chi connectivity index (χ4v) is 1.35. The van der Waals surface area contributed by atoms with E-state index >= 15 is 0 Å². The molecule has 1 aliphatic rings. The molecule has 1 heterocycles. The summed E-state index contributed by atoms with van der Waals surface area (Å²) in [6.45, 7) is 2.17. The van der Waals surface area contributed by atoms with E-state index in [0.29, 0.717) is 12.2 Å².